The average molecular weight is 362 g/mol. The summed E-state index contributed by atoms with van der Waals surface area (Å²) in [6, 6.07) is 21.0. The van der Waals surface area contributed by atoms with Crippen molar-refractivity contribution in [1.82, 2.24) is 4.90 Å². The zero-order valence-electron chi connectivity index (χ0n) is 14.8. The standard InChI is InChI=1S/C23H23NOS/c25-23(24-13-10-21(11-14-24)22-12-15-26-17-22)16-18-6-8-20(9-7-18)19-4-2-1-3-5-19/h1-9,12,15,17,21H,10-11,13-14,16H2. The highest BCUT2D eigenvalue weighted by atomic mass is 32.1. The van der Waals surface area contributed by atoms with Crippen LogP contribution in [-0.2, 0) is 11.2 Å². The van der Waals surface area contributed by atoms with Gasteiger partial charge in [0.1, 0.15) is 0 Å². The largest absolute Gasteiger partial charge is 0.342 e. The van der Waals surface area contributed by atoms with E-state index in [0.29, 0.717) is 12.3 Å². The van der Waals surface area contributed by atoms with Gasteiger partial charge in [0.05, 0.1) is 6.42 Å². The Kier molecular flexibility index (Phi) is 5.16. The third kappa shape index (κ3) is 3.88. The van der Waals surface area contributed by atoms with E-state index in [-0.39, 0.29) is 5.91 Å². The number of piperidine rings is 1. The van der Waals surface area contributed by atoms with Crippen molar-refractivity contribution in [2.45, 2.75) is 25.2 Å². The second kappa shape index (κ2) is 7.88. The van der Waals surface area contributed by atoms with E-state index in [4.69, 9.17) is 0 Å². The summed E-state index contributed by atoms with van der Waals surface area (Å²) in [5.41, 5.74) is 4.94. The Bertz CT molecular complexity index is 832. The van der Waals surface area contributed by atoms with Crippen LogP contribution in [0.4, 0.5) is 0 Å². The summed E-state index contributed by atoms with van der Waals surface area (Å²) in [6.45, 7) is 1.75. The van der Waals surface area contributed by atoms with Crippen molar-refractivity contribution in [2.24, 2.45) is 0 Å². The molecule has 1 aliphatic heterocycles. The van der Waals surface area contributed by atoms with Crippen molar-refractivity contribution in [1.29, 1.82) is 0 Å². The number of carbonyl (C=O) groups is 1. The van der Waals surface area contributed by atoms with Crippen molar-refractivity contribution < 1.29 is 4.79 Å². The van der Waals surface area contributed by atoms with Crippen LogP contribution in [0.1, 0.15) is 29.9 Å². The normalized spacial score (nSPS) is 15.2. The molecule has 0 aliphatic carbocycles. The van der Waals surface area contributed by atoms with Crippen LogP contribution in [0.15, 0.2) is 71.4 Å². The van der Waals surface area contributed by atoms with Crippen LogP contribution in [0.2, 0.25) is 0 Å². The molecule has 3 heteroatoms. The zero-order valence-corrected chi connectivity index (χ0v) is 15.6. The second-order valence-electron chi connectivity index (χ2n) is 6.95. The number of hydrogen-bond acceptors (Lipinski definition) is 2. The molecule has 0 N–H and O–H groups in total. The molecular weight excluding hydrogens is 338 g/mol. The fourth-order valence-corrected chi connectivity index (χ4v) is 4.44. The first-order chi connectivity index (χ1) is 12.8. The van der Waals surface area contributed by atoms with E-state index in [1.54, 1.807) is 11.3 Å². The number of hydrogen-bond donors (Lipinski definition) is 0. The molecule has 0 radical (unpaired) electrons. The molecule has 1 amide bonds. The highest BCUT2D eigenvalue weighted by Crippen LogP contribution is 2.29. The van der Waals surface area contributed by atoms with Gasteiger partial charge in [-0.1, -0.05) is 54.6 Å². The lowest BCUT2D eigenvalue weighted by molar-refractivity contribution is -0.131. The van der Waals surface area contributed by atoms with Gasteiger partial charge in [0, 0.05) is 13.1 Å². The van der Waals surface area contributed by atoms with E-state index < -0.39 is 0 Å². The van der Waals surface area contributed by atoms with Gasteiger partial charge in [0.2, 0.25) is 5.91 Å². The second-order valence-corrected chi connectivity index (χ2v) is 7.73. The highest BCUT2D eigenvalue weighted by molar-refractivity contribution is 7.07. The number of amides is 1. The molecule has 3 aromatic rings. The molecule has 4 rings (SSSR count). The Morgan fingerprint density at radius 3 is 2.27 bits per heavy atom. The molecular formula is C23H23NOS. The van der Waals surface area contributed by atoms with Gasteiger partial charge >= 0.3 is 0 Å². The Morgan fingerprint density at radius 1 is 0.923 bits per heavy atom. The maximum absolute atomic E-state index is 12.6. The quantitative estimate of drug-likeness (QED) is 0.612. The van der Waals surface area contributed by atoms with Crippen molar-refractivity contribution >= 4 is 17.2 Å². The molecule has 0 spiro atoms. The molecule has 26 heavy (non-hydrogen) atoms. The molecule has 0 saturated carbocycles. The average Bonchev–Trinajstić information content (AvgIpc) is 3.24. The molecule has 2 aromatic carbocycles. The Labute approximate surface area is 159 Å². The summed E-state index contributed by atoms with van der Waals surface area (Å²) in [5.74, 6) is 0.872. The predicted octanol–water partition coefficient (Wildman–Crippen LogP) is 5.36. The van der Waals surface area contributed by atoms with Crippen molar-refractivity contribution in [2.75, 3.05) is 13.1 Å². The summed E-state index contributed by atoms with van der Waals surface area (Å²) < 4.78 is 0. The molecule has 132 valence electrons. The lowest BCUT2D eigenvalue weighted by Gasteiger charge is -2.32. The lowest BCUT2D eigenvalue weighted by Crippen LogP contribution is -2.38. The number of rotatable bonds is 4. The fourth-order valence-electron chi connectivity index (χ4n) is 3.70. The predicted molar refractivity (Wildman–Crippen MR) is 108 cm³/mol. The van der Waals surface area contributed by atoms with Gasteiger partial charge in [-0.25, -0.2) is 0 Å². The summed E-state index contributed by atoms with van der Waals surface area (Å²) in [5, 5.41) is 4.39. The summed E-state index contributed by atoms with van der Waals surface area (Å²) in [7, 11) is 0. The molecule has 0 unspecified atom stereocenters. The third-order valence-electron chi connectivity index (χ3n) is 5.28. The number of carbonyl (C=O) groups excluding carboxylic acids is 1. The Balaban J connectivity index is 1.34. The highest BCUT2D eigenvalue weighted by Gasteiger charge is 2.23. The molecule has 0 atom stereocenters. The minimum Gasteiger partial charge on any atom is -0.342 e. The van der Waals surface area contributed by atoms with Crippen LogP contribution in [0.3, 0.4) is 0 Å². The van der Waals surface area contributed by atoms with Gasteiger partial charge in [-0.15, -0.1) is 0 Å². The number of likely N-dealkylation sites (tertiary alicyclic amines) is 1. The summed E-state index contributed by atoms with van der Waals surface area (Å²) in [6.07, 6.45) is 2.66. The van der Waals surface area contributed by atoms with Crippen LogP contribution >= 0.6 is 11.3 Å². The zero-order chi connectivity index (χ0) is 17.8. The molecule has 2 heterocycles. The number of benzene rings is 2. The van der Waals surface area contributed by atoms with Gasteiger partial charge in [0.15, 0.2) is 0 Å². The minimum atomic E-state index is 0.251. The van der Waals surface area contributed by atoms with E-state index in [2.05, 4.69) is 53.2 Å². The van der Waals surface area contributed by atoms with Crippen LogP contribution in [0.5, 0.6) is 0 Å². The van der Waals surface area contributed by atoms with Gasteiger partial charge in [0.25, 0.3) is 0 Å². The van der Waals surface area contributed by atoms with E-state index in [1.807, 2.05) is 23.1 Å². The van der Waals surface area contributed by atoms with Crippen molar-refractivity contribution in [3.8, 4) is 11.1 Å². The van der Waals surface area contributed by atoms with Crippen LogP contribution < -0.4 is 0 Å². The SMILES string of the molecule is O=C(Cc1ccc(-c2ccccc2)cc1)N1CCC(c2ccsc2)CC1. The van der Waals surface area contributed by atoms with Gasteiger partial charge in [-0.3, -0.25) is 4.79 Å². The smallest absolute Gasteiger partial charge is 0.226 e. The van der Waals surface area contributed by atoms with Gasteiger partial charge < -0.3 is 4.90 Å². The third-order valence-corrected chi connectivity index (χ3v) is 5.98. The summed E-state index contributed by atoms with van der Waals surface area (Å²) in [4.78, 5) is 14.7. The first kappa shape index (κ1) is 17.0. The number of thiophene rings is 1. The first-order valence-electron chi connectivity index (χ1n) is 9.24. The van der Waals surface area contributed by atoms with E-state index in [1.165, 1.54) is 16.7 Å². The summed E-state index contributed by atoms with van der Waals surface area (Å²) >= 11 is 1.76. The maximum atomic E-state index is 12.6. The molecule has 2 nitrogen and oxygen atoms in total. The van der Waals surface area contributed by atoms with Crippen molar-refractivity contribution in [3.05, 3.63) is 82.6 Å². The monoisotopic (exact) mass is 361 g/mol. The van der Waals surface area contributed by atoms with Gasteiger partial charge in [-0.2, -0.15) is 11.3 Å². The molecule has 1 aromatic heterocycles. The van der Waals surface area contributed by atoms with E-state index in [9.17, 15) is 4.79 Å². The maximum Gasteiger partial charge on any atom is 0.226 e. The molecule has 0 bridgehead atoms. The topological polar surface area (TPSA) is 20.3 Å². The lowest BCUT2D eigenvalue weighted by atomic mass is 9.91. The molecule has 1 fully saturated rings. The van der Waals surface area contributed by atoms with E-state index >= 15 is 0 Å². The number of nitrogens with zero attached hydrogens (tertiary/aromatic N) is 1. The first-order valence-corrected chi connectivity index (χ1v) is 10.2. The van der Waals surface area contributed by atoms with Crippen LogP contribution in [-0.4, -0.2) is 23.9 Å². The van der Waals surface area contributed by atoms with Crippen molar-refractivity contribution in [3.63, 3.8) is 0 Å². The van der Waals surface area contributed by atoms with Crippen LogP contribution in [0, 0.1) is 0 Å². The Hall–Kier alpha value is -2.39. The fraction of sp³-hybridized carbons (Fsp3) is 0.261. The molecule has 1 aliphatic rings. The van der Waals surface area contributed by atoms with Crippen LogP contribution in [0.25, 0.3) is 11.1 Å². The van der Waals surface area contributed by atoms with E-state index in [0.717, 1.165) is 31.5 Å². The molecule has 1 saturated heterocycles. The minimum absolute atomic E-state index is 0.251. The van der Waals surface area contributed by atoms with Gasteiger partial charge in [-0.05, 0) is 57.8 Å². The Morgan fingerprint density at radius 2 is 1.62 bits per heavy atom.